The van der Waals surface area contributed by atoms with Crippen LogP contribution < -0.4 is 10.1 Å². The van der Waals surface area contributed by atoms with Crippen molar-refractivity contribution in [3.8, 4) is 5.75 Å². The van der Waals surface area contributed by atoms with E-state index < -0.39 is 6.86 Å². The average Bonchev–Trinajstić information content (AvgIpc) is 3.01. The van der Waals surface area contributed by atoms with Crippen molar-refractivity contribution in [2.24, 2.45) is 0 Å². The van der Waals surface area contributed by atoms with E-state index in [1.54, 1.807) is 6.07 Å². The lowest BCUT2D eigenvalue weighted by Gasteiger charge is -2.09. The molecule has 1 aromatic rings. The third kappa shape index (κ3) is 2.45. The zero-order valence-electron chi connectivity index (χ0n) is 8.00. The fourth-order valence-corrected chi connectivity index (χ4v) is 1.39. The highest BCUT2D eigenvalue weighted by Crippen LogP contribution is 2.22. The molecule has 0 radical (unpaired) electrons. The smallest absolute Gasteiger partial charge is 0.228 e. The zero-order valence-corrected chi connectivity index (χ0v) is 8.00. The standard InChI is InChI=1S/C11H14FNO/c12-8-14-11-4-2-1-3-9(11)7-13-10-5-6-10/h1-4,10,13H,5-8H2. The summed E-state index contributed by atoms with van der Waals surface area (Å²) in [5.41, 5.74) is 1.03. The lowest BCUT2D eigenvalue weighted by atomic mass is 10.2. The highest BCUT2D eigenvalue weighted by Gasteiger charge is 2.20. The molecule has 2 rings (SSSR count). The molecule has 0 atom stereocenters. The Hall–Kier alpha value is -1.09. The first-order chi connectivity index (χ1) is 6.90. The molecule has 0 saturated heterocycles. The van der Waals surface area contributed by atoms with E-state index in [9.17, 15) is 4.39 Å². The Kier molecular flexibility index (Phi) is 2.99. The van der Waals surface area contributed by atoms with Crippen molar-refractivity contribution >= 4 is 0 Å². The second-order valence-electron chi connectivity index (χ2n) is 3.52. The second kappa shape index (κ2) is 4.42. The zero-order chi connectivity index (χ0) is 9.80. The summed E-state index contributed by atoms with van der Waals surface area (Å²) in [4.78, 5) is 0. The first-order valence-corrected chi connectivity index (χ1v) is 4.90. The molecule has 1 aliphatic rings. The van der Waals surface area contributed by atoms with Crippen LogP contribution in [-0.4, -0.2) is 12.9 Å². The van der Waals surface area contributed by atoms with Crippen LogP contribution in [0.2, 0.25) is 0 Å². The predicted octanol–water partition coefficient (Wildman–Crippen LogP) is 2.24. The van der Waals surface area contributed by atoms with Gasteiger partial charge in [-0.2, -0.15) is 0 Å². The minimum atomic E-state index is -0.763. The summed E-state index contributed by atoms with van der Waals surface area (Å²) in [6.07, 6.45) is 2.51. The molecule has 1 aromatic carbocycles. The molecule has 0 spiro atoms. The molecule has 0 amide bonds. The van der Waals surface area contributed by atoms with Gasteiger partial charge in [0, 0.05) is 18.2 Å². The molecule has 2 nitrogen and oxygen atoms in total. The van der Waals surface area contributed by atoms with E-state index >= 15 is 0 Å². The van der Waals surface area contributed by atoms with E-state index in [-0.39, 0.29) is 0 Å². The molecule has 1 fully saturated rings. The third-order valence-corrected chi connectivity index (χ3v) is 2.34. The van der Waals surface area contributed by atoms with Gasteiger partial charge in [-0.05, 0) is 18.9 Å². The van der Waals surface area contributed by atoms with Crippen LogP contribution in [0.25, 0.3) is 0 Å². The van der Waals surface area contributed by atoms with Crippen molar-refractivity contribution < 1.29 is 9.13 Å². The van der Waals surface area contributed by atoms with Crippen molar-refractivity contribution in [3.63, 3.8) is 0 Å². The molecular weight excluding hydrogens is 181 g/mol. The van der Waals surface area contributed by atoms with Crippen molar-refractivity contribution in [1.29, 1.82) is 0 Å². The van der Waals surface area contributed by atoms with Crippen molar-refractivity contribution in [1.82, 2.24) is 5.32 Å². The Bertz CT molecular complexity index is 299. The number of hydrogen-bond acceptors (Lipinski definition) is 2. The number of rotatable bonds is 5. The quantitative estimate of drug-likeness (QED) is 0.778. The van der Waals surface area contributed by atoms with Crippen LogP contribution in [0.15, 0.2) is 24.3 Å². The van der Waals surface area contributed by atoms with E-state index in [1.165, 1.54) is 12.8 Å². The van der Waals surface area contributed by atoms with Gasteiger partial charge in [0.2, 0.25) is 6.86 Å². The Labute approximate surface area is 83.1 Å². The van der Waals surface area contributed by atoms with Gasteiger partial charge in [-0.25, -0.2) is 4.39 Å². The summed E-state index contributed by atoms with van der Waals surface area (Å²) in [7, 11) is 0. The Morgan fingerprint density at radius 3 is 2.86 bits per heavy atom. The van der Waals surface area contributed by atoms with Gasteiger partial charge in [-0.3, -0.25) is 0 Å². The lowest BCUT2D eigenvalue weighted by Crippen LogP contribution is -2.15. The second-order valence-corrected chi connectivity index (χ2v) is 3.52. The highest BCUT2D eigenvalue weighted by atomic mass is 19.1. The SMILES string of the molecule is FCOc1ccccc1CNC1CC1. The number of nitrogens with one attached hydrogen (secondary N) is 1. The number of hydrogen-bond donors (Lipinski definition) is 1. The fourth-order valence-electron chi connectivity index (χ4n) is 1.39. The molecule has 76 valence electrons. The topological polar surface area (TPSA) is 21.3 Å². The maximum Gasteiger partial charge on any atom is 0.228 e. The third-order valence-electron chi connectivity index (χ3n) is 2.34. The fraction of sp³-hybridized carbons (Fsp3) is 0.455. The maximum atomic E-state index is 12.0. The summed E-state index contributed by atoms with van der Waals surface area (Å²) >= 11 is 0. The minimum absolute atomic E-state index is 0.642. The minimum Gasteiger partial charge on any atom is -0.463 e. The molecule has 0 aliphatic heterocycles. The summed E-state index contributed by atoms with van der Waals surface area (Å²) in [5.74, 6) is 0.642. The molecule has 0 aromatic heterocycles. The molecule has 1 aliphatic carbocycles. The molecule has 0 heterocycles. The average molecular weight is 195 g/mol. The van der Waals surface area contributed by atoms with Gasteiger partial charge in [-0.15, -0.1) is 0 Å². The van der Waals surface area contributed by atoms with Crippen LogP contribution >= 0.6 is 0 Å². The molecule has 3 heteroatoms. The maximum absolute atomic E-state index is 12.0. The van der Waals surface area contributed by atoms with Crippen LogP contribution in [0, 0.1) is 0 Å². The van der Waals surface area contributed by atoms with Gasteiger partial charge in [-0.1, -0.05) is 18.2 Å². The molecular formula is C11H14FNO. The first kappa shape index (κ1) is 9.46. The van der Waals surface area contributed by atoms with Gasteiger partial charge in [0.25, 0.3) is 0 Å². The van der Waals surface area contributed by atoms with Crippen LogP contribution in [0.1, 0.15) is 18.4 Å². The normalized spacial score (nSPS) is 15.5. The summed E-state index contributed by atoms with van der Waals surface area (Å²) < 4.78 is 16.9. The Morgan fingerprint density at radius 2 is 2.14 bits per heavy atom. The predicted molar refractivity (Wildman–Crippen MR) is 52.9 cm³/mol. The van der Waals surface area contributed by atoms with Crippen molar-refractivity contribution in [2.75, 3.05) is 6.86 Å². The van der Waals surface area contributed by atoms with E-state index in [1.807, 2.05) is 18.2 Å². The number of alkyl halides is 1. The van der Waals surface area contributed by atoms with E-state index in [4.69, 9.17) is 4.74 Å². The first-order valence-electron chi connectivity index (χ1n) is 4.90. The monoisotopic (exact) mass is 195 g/mol. The van der Waals surface area contributed by atoms with Gasteiger partial charge < -0.3 is 10.1 Å². The largest absolute Gasteiger partial charge is 0.463 e. The van der Waals surface area contributed by atoms with E-state index in [0.717, 1.165) is 12.1 Å². The number of halogens is 1. The Morgan fingerprint density at radius 1 is 1.36 bits per heavy atom. The summed E-state index contributed by atoms with van der Waals surface area (Å²) in [6.45, 7) is 0.00127. The van der Waals surface area contributed by atoms with Crippen molar-refractivity contribution in [2.45, 2.75) is 25.4 Å². The van der Waals surface area contributed by atoms with E-state index in [0.29, 0.717) is 11.8 Å². The van der Waals surface area contributed by atoms with Gasteiger partial charge in [0.05, 0.1) is 0 Å². The number of ether oxygens (including phenoxy) is 1. The molecule has 1 N–H and O–H groups in total. The number of para-hydroxylation sites is 1. The van der Waals surface area contributed by atoms with Gasteiger partial charge in [0.1, 0.15) is 5.75 Å². The van der Waals surface area contributed by atoms with Crippen LogP contribution in [0.4, 0.5) is 4.39 Å². The van der Waals surface area contributed by atoms with Crippen molar-refractivity contribution in [3.05, 3.63) is 29.8 Å². The Balaban J connectivity index is 1.97. The molecule has 0 unspecified atom stereocenters. The molecule has 0 bridgehead atoms. The van der Waals surface area contributed by atoms with Crippen LogP contribution in [0.5, 0.6) is 5.75 Å². The number of benzene rings is 1. The van der Waals surface area contributed by atoms with Gasteiger partial charge in [0.15, 0.2) is 0 Å². The van der Waals surface area contributed by atoms with Crippen LogP contribution in [0.3, 0.4) is 0 Å². The molecule has 14 heavy (non-hydrogen) atoms. The molecule has 1 saturated carbocycles. The summed E-state index contributed by atoms with van der Waals surface area (Å²) in [5, 5.41) is 3.37. The summed E-state index contributed by atoms with van der Waals surface area (Å²) in [6, 6.07) is 8.21. The van der Waals surface area contributed by atoms with Gasteiger partial charge >= 0.3 is 0 Å². The van der Waals surface area contributed by atoms with Crippen LogP contribution in [-0.2, 0) is 6.54 Å². The lowest BCUT2D eigenvalue weighted by molar-refractivity contribution is 0.190. The highest BCUT2D eigenvalue weighted by molar-refractivity contribution is 5.33. The van der Waals surface area contributed by atoms with E-state index in [2.05, 4.69) is 5.32 Å².